The second-order valence-corrected chi connectivity index (χ2v) is 4.32. The molecule has 0 saturated heterocycles. The van der Waals surface area contributed by atoms with Crippen LogP contribution in [0.3, 0.4) is 0 Å². The van der Waals surface area contributed by atoms with Gasteiger partial charge >= 0.3 is 5.97 Å². The van der Waals surface area contributed by atoms with Crippen LogP contribution < -0.4 is 0 Å². The van der Waals surface area contributed by atoms with Crippen LogP contribution in [-0.4, -0.2) is 17.4 Å². The van der Waals surface area contributed by atoms with Gasteiger partial charge in [0.15, 0.2) is 6.29 Å². The topological polar surface area (TPSA) is 54.4 Å². The zero-order valence-electron chi connectivity index (χ0n) is 7.98. The van der Waals surface area contributed by atoms with Crippen molar-refractivity contribution in [2.45, 2.75) is 6.92 Å². The Labute approximate surface area is 90.0 Å². The fraction of sp³-hybridized carbons (Fsp3) is 0.0909. The summed E-state index contributed by atoms with van der Waals surface area (Å²) in [5.41, 5.74) is 1.30. The van der Waals surface area contributed by atoms with Crippen molar-refractivity contribution in [2.75, 3.05) is 0 Å². The molecular weight excluding hydrogens is 212 g/mol. The van der Waals surface area contributed by atoms with Crippen LogP contribution in [-0.2, 0) is 0 Å². The Morgan fingerprint density at radius 3 is 2.80 bits per heavy atom. The molecule has 0 spiro atoms. The van der Waals surface area contributed by atoms with Gasteiger partial charge in [0.2, 0.25) is 0 Å². The third kappa shape index (κ3) is 1.53. The standard InChI is InChI=1S/C11H8O3S/c1-6-2-3-9-7(4-6)8(5-12)10(15-9)11(13)14/h2-5H,1H3,(H,13,14). The minimum absolute atomic E-state index is 0.116. The normalized spacial score (nSPS) is 10.5. The van der Waals surface area contributed by atoms with E-state index < -0.39 is 5.97 Å². The Morgan fingerprint density at radius 1 is 1.47 bits per heavy atom. The van der Waals surface area contributed by atoms with Gasteiger partial charge in [0.25, 0.3) is 0 Å². The fourth-order valence-corrected chi connectivity index (χ4v) is 2.50. The molecule has 0 aliphatic carbocycles. The van der Waals surface area contributed by atoms with Crippen LogP contribution in [0.2, 0.25) is 0 Å². The Bertz CT molecular complexity index is 554. The van der Waals surface area contributed by atoms with E-state index in [-0.39, 0.29) is 10.4 Å². The maximum Gasteiger partial charge on any atom is 0.346 e. The van der Waals surface area contributed by atoms with Crippen LogP contribution in [0.1, 0.15) is 25.6 Å². The van der Waals surface area contributed by atoms with Crippen LogP contribution in [0.5, 0.6) is 0 Å². The third-order valence-electron chi connectivity index (χ3n) is 2.19. The van der Waals surface area contributed by atoms with E-state index in [0.29, 0.717) is 6.29 Å². The van der Waals surface area contributed by atoms with Gasteiger partial charge in [-0.1, -0.05) is 11.6 Å². The fourth-order valence-electron chi connectivity index (χ4n) is 1.51. The first-order valence-electron chi connectivity index (χ1n) is 4.35. The highest BCUT2D eigenvalue weighted by Gasteiger charge is 2.16. The molecule has 76 valence electrons. The van der Waals surface area contributed by atoms with Gasteiger partial charge in [0.05, 0.1) is 0 Å². The first-order chi connectivity index (χ1) is 7.13. The number of aldehydes is 1. The van der Waals surface area contributed by atoms with Crippen LogP contribution in [0.15, 0.2) is 18.2 Å². The van der Waals surface area contributed by atoms with Gasteiger partial charge in [-0.3, -0.25) is 4.79 Å². The van der Waals surface area contributed by atoms with Crippen LogP contribution in [0, 0.1) is 6.92 Å². The molecule has 0 unspecified atom stereocenters. The molecule has 0 aliphatic heterocycles. The highest BCUT2D eigenvalue weighted by Crippen LogP contribution is 2.30. The smallest absolute Gasteiger partial charge is 0.346 e. The van der Waals surface area contributed by atoms with Gasteiger partial charge in [0.1, 0.15) is 4.88 Å². The molecule has 0 fully saturated rings. The van der Waals surface area contributed by atoms with Gasteiger partial charge in [-0.05, 0) is 19.1 Å². The summed E-state index contributed by atoms with van der Waals surface area (Å²) in [5.74, 6) is -1.05. The molecule has 1 N–H and O–H groups in total. The molecule has 0 bridgehead atoms. The molecule has 15 heavy (non-hydrogen) atoms. The summed E-state index contributed by atoms with van der Waals surface area (Å²) in [7, 11) is 0. The number of carboxylic acids is 1. The lowest BCUT2D eigenvalue weighted by Gasteiger charge is -1.93. The summed E-state index contributed by atoms with van der Waals surface area (Å²) in [6.07, 6.45) is 0.613. The van der Waals surface area contributed by atoms with Gasteiger partial charge in [-0.2, -0.15) is 0 Å². The Kier molecular flexibility index (Phi) is 2.28. The van der Waals surface area contributed by atoms with Crippen molar-refractivity contribution in [2.24, 2.45) is 0 Å². The molecule has 0 saturated carbocycles. The lowest BCUT2D eigenvalue weighted by atomic mass is 10.1. The second kappa shape index (κ2) is 3.47. The minimum Gasteiger partial charge on any atom is -0.477 e. The van der Waals surface area contributed by atoms with Crippen molar-refractivity contribution in [3.05, 3.63) is 34.2 Å². The Hall–Kier alpha value is -1.68. The Morgan fingerprint density at radius 2 is 2.20 bits per heavy atom. The maximum absolute atomic E-state index is 10.9. The molecular formula is C11H8O3S. The molecule has 1 aromatic carbocycles. The molecule has 0 radical (unpaired) electrons. The number of thiophene rings is 1. The van der Waals surface area contributed by atoms with Crippen molar-refractivity contribution >= 4 is 33.7 Å². The molecule has 2 aromatic rings. The van der Waals surface area contributed by atoms with Crippen molar-refractivity contribution in [1.29, 1.82) is 0 Å². The summed E-state index contributed by atoms with van der Waals surface area (Å²) < 4.78 is 0.833. The minimum atomic E-state index is -1.05. The lowest BCUT2D eigenvalue weighted by molar-refractivity contribution is 0.0699. The number of aryl methyl sites for hydroxylation is 1. The average molecular weight is 220 g/mol. The highest BCUT2D eigenvalue weighted by atomic mass is 32.1. The van der Waals surface area contributed by atoms with Gasteiger partial charge in [-0.15, -0.1) is 11.3 Å². The van der Waals surface area contributed by atoms with Crippen molar-refractivity contribution in [1.82, 2.24) is 0 Å². The molecule has 2 rings (SSSR count). The van der Waals surface area contributed by atoms with E-state index in [1.54, 1.807) is 0 Å². The lowest BCUT2D eigenvalue weighted by Crippen LogP contribution is -1.96. The SMILES string of the molecule is Cc1ccc2sc(C(=O)O)c(C=O)c2c1. The summed E-state index contributed by atoms with van der Waals surface area (Å²) in [6.45, 7) is 1.91. The number of aromatic carboxylic acids is 1. The van der Waals surface area contributed by atoms with Crippen molar-refractivity contribution < 1.29 is 14.7 Å². The summed E-state index contributed by atoms with van der Waals surface area (Å²) in [4.78, 5) is 21.9. The van der Waals surface area contributed by atoms with Gasteiger partial charge in [-0.25, -0.2) is 4.79 Å². The molecule has 1 heterocycles. The zero-order chi connectivity index (χ0) is 11.0. The number of benzene rings is 1. The predicted octanol–water partition coefficient (Wildman–Crippen LogP) is 2.72. The number of fused-ring (bicyclic) bond motifs is 1. The number of rotatable bonds is 2. The first kappa shape index (κ1) is 9.86. The van der Waals surface area contributed by atoms with Crippen LogP contribution in [0.25, 0.3) is 10.1 Å². The number of hydrogen-bond donors (Lipinski definition) is 1. The van der Waals surface area contributed by atoms with E-state index in [4.69, 9.17) is 5.11 Å². The van der Waals surface area contributed by atoms with Gasteiger partial charge < -0.3 is 5.11 Å². The zero-order valence-corrected chi connectivity index (χ0v) is 8.80. The largest absolute Gasteiger partial charge is 0.477 e. The van der Waals surface area contributed by atoms with E-state index in [1.807, 2.05) is 25.1 Å². The van der Waals surface area contributed by atoms with E-state index in [9.17, 15) is 9.59 Å². The number of hydrogen-bond acceptors (Lipinski definition) is 3. The monoisotopic (exact) mass is 220 g/mol. The van der Waals surface area contributed by atoms with E-state index in [0.717, 1.165) is 27.0 Å². The number of carbonyl (C=O) groups excluding carboxylic acids is 1. The number of carboxylic acid groups (broad SMARTS) is 1. The van der Waals surface area contributed by atoms with Gasteiger partial charge in [0, 0.05) is 15.6 Å². The van der Waals surface area contributed by atoms with E-state index in [2.05, 4.69) is 0 Å². The molecule has 1 aromatic heterocycles. The maximum atomic E-state index is 10.9. The third-order valence-corrected chi connectivity index (χ3v) is 3.37. The summed E-state index contributed by atoms with van der Waals surface area (Å²) in [5, 5.41) is 9.65. The summed E-state index contributed by atoms with van der Waals surface area (Å²) in [6, 6.07) is 5.58. The highest BCUT2D eigenvalue weighted by molar-refractivity contribution is 7.21. The predicted molar refractivity (Wildman–Crippen MR) is 58.9 cm³/mol. The van der Waals surface area contributed by atoms with Crippen molar-refractivity contribution in [3.8, 4) is 0 Å². The van der Waals surface area contributed by atoms with Crippen LogP contribution >= 0.6 is 11.3 Å². The quantitative estimate of drug-likeness (QED) is 0.792. The number of carbonyl (C=O) groups is 2. The van der Waals surface area contributed by atoms with E-state index in [1.165, 1.54) is 0 Å². The molecule has 4 heteroatoms. The average Bonchev–Trinajstić information content (AvgIpc) is 2.55. The molecule has 0 amide bonds. The Balaban J connectivity index is 2.85. The van der Waals surface area contributed by atoms with Crippen LogP contribution in [0.4, 0.5) is 0 Å². The second-order valence-electron chi connectivity index (χ2n) is 3.27. The van der Waals surface area contributed by atoms with E-state index >= 15 is 0 Å². The molecule has 0 aliphatic rings. The summed E-state index contributed by atoms with van der Waals surface area (Å²) >= 11 is 1.13. The molecule has 3 nitrogen and oxygen atoms in total. The van der Waals surface area contributed by atoms with Crippen molar-refractivity contribution in [3.63, 3.8) is 0 Å². The first-order valence-corrected chi connectivity index (χ1v) is 5.16. The molecule has 0 atom stereocenters.